The van der Waals surface area contributed by atoms with E-state index in [9.17, 15) is 18.3 Å². The predicted octanol–water partition coefficient (Wildman–Crippen LogP) is 0.481. The largest absolute Gasteiger partial charge is 0.480 e. The summed E-state index contributed by atoms with van der Waals surface area (Å²) in [6.07, 6.45) is 0. The topological polar surface area (TPSA) is 120 Å². The van der Waals surface area contributed by atoms with Crippen molar-refractivity contribution in [3.05, 3.63) is 54.1 Å². The number of carboxylic acids is 1. The lowest BCUT2D eigenvalue weighted by molar-refractivity contribution is -0.139. The van der Waals surface area contributed by atoms with Gasteiger partial charge in [-0.1, -0.05) is 36.4 Å². The first kappa shape index (κ1) is 20.0. The normalized spacial score (nSPS) is 23.2. The third-order valence-corrected chi connectivity index (χ3v) is 7.03. The molecule has 0 saturated carbocycles. The van der Waals surface area contributed by atoms with Gasteiger partial charge in [0.2, 0.25) is 10.0 Å². The van der Waals surface area contributed by atoms with Crippen LogP contribution in [0.3, 0.4) is 0 Å². The van der Waals surface area contributed by atoms with Crippen molar-refractivity contribution in [2.45, 2.75) is 17.0 Å². The highest BCUT2D eigenvalue weighted by atomic mass is 32.2. The van der Waals surface area contributed by atoms with Gasteiger partial charge in [-0.25, -0.2) is 19.3 Å². The molecule has 10 heteroatoms. The first-order valence-electron chi connectivity index (χ1n) is 9.24. The van der Waals surface area contributed by atoms with E-state index in [0.29, 0.717) is 26.3 Å². The minimum Gasteiger partial charge on any atom is -0.480 e. The summed E-state index contributed by atoms with van der Waals surface area (Å²) in [7, 11) is -3.52. The minimum absolute atomic E-state index is 0.261. The Kier molecular flexibility index (Phi) is 5.63. The molecule has 4 rings (SSSR count). The third-order valence-electron chi connectivity index (χ3n) is 5.12. The Hall–Kier alpha value is -2.34. The number of sulfonamides is 1. The van der Waals surface area contributed by atoms with Crippen LogP contribution in [0, 0.1) is 0 Å². The summed E-state index contributed by atoms with van der Waals surface area (Å²) in [6.45, 7) is 1.55. The van der Waals surface area contributed by atoms with Gasteiger partial charge in [0.25, 0.3) is 0 Å². The van der Waals surface area contributed by atoms with Gasteiger partial charge in [-0.05, 0) is 28.8 Å². The van der Waals surface area contributed by atoms with Crippen molar-refractivity contribution in [1.82, 2.24) is 20.7 Å². The van der Waals surface area contributed by atoms with E-state index in [1.54, 1.807) is 24.3 Å². The molecular weight excluding hydrogens is 396 g/mol. The van der Waals surface area contributed by atoms with E-state index in [-0.39, 0.29) is 4.90 Å². The van der Waals surface area contributed by atoms with E-state index in [0.717, 1.165) is 16.7 Å². The lowest BCUT2D eigenvalue weighted by Crippen LogP contribution is -2.40. The summed E-state index contributed by atoms with van der Waals surface area (Å²) in [6, 6.07) is 13.1. The average molecular weight is 418 g/mol. The molecule has 2 aromatic rings. The van der Waals surface area contributed by atoms with Gasteiger partial charge < -0.3 is 9.84 Å². The van der Waals surface area contributed by atoms with Gasteiger partial charge in [0.15, 0.2) is 0 Å². The Morgan fingerprint density at radius 1 is 0.966 bits per heavy atom. The molecule has 2 aliphatic heterocycles. The monoisotopic (exact) mass is 418 g/mol. The van der Waals surface area contributed by atoms with Crippen molar-refractivity contribution in [3.63, 3.8) is 0 Å². The van der Waals surface area contributed by atoms with E-state index in [2.05, 4.69) is 16.4 Å². The van der Waals surface area contributed by atoms with Gasteiger partial charge in [-0.3, -0.25) is 4.79 Å². The Bertz CT molecular complexity index is 973. The smallest absolute Gasteiger partial charge is 0.324 e. The lowest BCUT2D eigenvalue weighted by atomic mass is 9.97. The summed E-state index contributed by atoms with van der Waals surface area (Å²) in [5.74, 6) is -0.950. The van der Waals surface area contributed by atoms with Crippen LogP contribution < -0.4 is 16.4 Å². The summed E-state index contributed by atoms with van der Waals surface area (Å²) in [5.41, 5.74) is 10.8. The Labute approximate surface area is 168 Å². The van der Waals surface area contributed by atoms with Crippen LogP contribution in [0.1, 0.15) is 11.6 Å². The van der Waals surface area contributed by atoms with Crippen LogP contribution >= 0.6 is 0 Å². The molecule has 2 saturated heterocycles. The fourth-order valence-corrected chi connectivity index (χ4v) is 4.89. The van der Waals surface area contributed by atoms with Crippen molar-refractivity contribution < 1.29 is 23.1 Å². The number of hydrogen-bond donors (Lipinski definition) is 4. The second kappa shape index (κ2) is 8.19. The molecule has 2 fully saturated rings. The number of rotatable bonds is 5. The fourth-order valence-electron chi connectivity index (χ4n) is 3.48. The number of hydrogen-bond acceptors (Lipinski definition) is 7. The van der Waals surface area contributed by atoms with Crippen LogP contribution in [0.4, 0.5) is 0 Å². The van der Waals surface area contributed by atoms with Crippen LogP contribution in [0.2, 0.25) is 0 Å². The second-order valence-electron chi connectivity index (χ2n) is 6.87. The van der Waals surface area contributed by atoms with Crippen LogP contribution in [0.5, 0.6) is 0 Å². The molecule has 4 N–H and O–H groups in total. The maximum Gasteiger partial charge on any atom is 0.324 e. The van der Waals surface area contributed by atoms with E-state index < -0.39 is 28.1 Å². The molecule has 2 heterocycles. The van der Waals surface area contributed by atoms with Gasteiger partial charge in [-0.15, -0.1) is 0 Å². The van der Waals surface area contributed by atoms with Crippen molar-refractivity contribution in [3.8, 4) is 11.1 Å². The molecule has 0 aromatic heterocycles. The summed E-state index contributed by atoms with van der Waals surface area (Å²) >= 11 is 0. The molecule has 2 unspecified atom stereocenters. The standard InChI is InChI=1S/C19H22N4O5S/c24-19(25)18-17(20-22-21-18)15-3-1-13(2-4-15)14-5-7-16(8-6-14)29(26,27)23-9-11-28-12-10-23/h1-8,17-18,20-22H,9-12H2,(H,24,25). The van der Waals surface area contributed by atoms with Crippen molar-refractivity contribution in [2.75, 3.05) is 26.3 Å². The van der Waals surface area contributed by atoms with E-state index >= 15 is 0 Å². The van der Waals surface area contributed by atoms with E-state index in [4.69, 9.17) is 4.74 Å². The first-order valence-corrected chi connectivity index (χ1v) is 10.7. The molecule has 0 spiro atoms. The molecule has 9 nitrogen and oxygen atoms in total. The SMILES string of the molecule is O=C(O)C1NNNC1c1ccc(-c2ccc(S(=O)(=O)N3CCOCC3)cc2)cc1. The van der Waals surface area contributed by atoms with Crippen molar-refractivity contribution in [2.24, 2.45) is 0 Å². The zero-order valence-electron chi connectivity index (χ0n) is 15.5. The Balaban J connectivity index is 1.51. The van der Waals surface area contributed by atoms with Crippen LogP contribution in [-0.4, -0.2) is 56.1 Å². The maximum atomic E-state index is 12.7. The molecule has 0 amide bonds. The highest BCUT2D eigenvalue weighted by Gasteiger charge is 2.33. The highest BCUT2D eigenvalue weighted by molar-refractivity contribution is 7.89. The number of nitrogens with zero attached hydrogens (tertiary/aromatic N) is 1. The zero-order chi connectivity index (χ0) is 20.4. The fraction of sp³-hybridized carbons (Fsp3) is 0.316. The number of ether oxygens (including phenoxy) is 1. The number of nitrogens with one attached hydrogen (secondary N) is 3. The molecule has 0 aliphatic carbocycles. The number of aliphatic carboxylic acids is 1. The molecule has 2 atom stereocenters. The van der Waals surface area contributed by atoms with Gasteiger partial charge >= 0.3 is 5.97 Å². The van der Waals surface area contributed by atoms with Crippen molar-refractivity contribution in [1.29, 1.82) is 0 Å². The molecular formula is C19H22N4O5S. The summed E-state index contributed by atoms with van der Waals surface area (Å²) < 4.78 is 32.1. The molecule has 0 radical (unpaired) electrons. The predicted molar refractivity (Wildman–Crippen MR) is 105 cm³/mol. The zero-order valence-corrected chi connectivity index (χ0v) is 16.4. The van der Waals surface area contributed by atoms with Gasteiger partial charge in [-0.2, -0.15) is 9.84 Å². The Morgan fingerprint density at radius 2 is 1.55 bits per heavy atom. The second-order valence-corrected chi connectivity index (χ2v) is 8.81. The quantitative estimate of drug-likeness (QED) is 0.554. The summed E-state index contributed by atoms with van der Waals surface area (Å²) in [4.78, 5) is 11.6. The van der Waals surface area contributed by atoms with E-state index in [1.807, 2.05) is 24.3 Å². The number of carboxylic acid groups (broad SMARTS) is 1. The molecule has 154 valence electrons. The van der Waals surface area contributed by atoms with Crippen LogP contribution in [-0.2, 0) is 19.6 Å². The first-order chi connectivity index (χ1) is 14.0. The number of morpholine rings is 1. The number of hydrazine groups is 2. The van der Waals surface area contributed by atoms with Crippen LogP contribution in [0.15, 0.2) is 53.4 Å². The van der Waals surface area contributed by atoms with Crippen LogP contribution in [0.25, 0.3) is 11.1 Å². The van der Waals surface area contributed by atoms with Crippen molar-refractivity contribution >= 4 is 16.0 Å². The molecule has 2 aromatic carbocycles. The molecule has 0 bridgehead atoms. The lowest BCUT2D eigenvalue weighted by Gasteiger charge is -2.26. The number of benzene rings is 2. The Morgan fingerprint density at radius 3 is 2.14 bits per heavy atom. The highest BCUT2D eigenvalue weighted by Crippen LogP contribution is 2.26. The number of carbonyl (C=O) groups is 1. The molecule has 2 aliphatic rings. The average Bonchev–Trinajstić information content (AvgIpc) is 3.25. The van der Waals surface area contributed by atoms with E-state index in [1.165, 1.54) is 4.31 Å². The minimum atomic E-state index is -3.52. The maximum absolute atomic E-state index is 12.7. The van der Waals surface area contributed by atoms with Gasteiger partial charge in [0, 0.05) is 13.1 Å². The molecule has 29 heavy (non-hydrogen) atoms. The summed E-state index contributed by atoms with van der Waals surface area (Å²) in [5, 5.41) is 9.26. The van der Waals surface area contributed by atoms with Gasteiger partial charge in [0.1, 0.15) is 6.04 Å². The third kappa shape index (κ3) is 4.04. The van der Waals surface area contributed by atoms with Gasteiger partial charge in [0.05, 0.1) is 24.2 Å².